The van der Waals surface area contributed by atoms with Crippen LogP contribution in [0.25, 0.3) is 11.1 Å². The van der Waals surface area contributed by atoms with Gasteiger partial charge in [-0.25, -0.2) is 0 Å². The molecule has 0 bridgehead atoms. The van der Waals surface area contributed by atoms with Crippen molar-refractivity contribution in [2.75, 3.05) is 14.2 Å². The monoisotopic (exact) mass is 378 g/mol. The number of H-pyrrole nitrogens is 1. The largest absolute Gasteiger partial charge is 0.378 e. The van der Waals surface area contributed by atoms with Crippen LogP contribution in [0, 0.1) is 6.92 Å². The van der Waals surface area contributed by atoms with Crippen molar-refractivity contribution in [1.82, 2.24) is 20.1 Å². The van der Waals surface area contributed by atoms with E-state index in [2.05, 4.69) is 28.2 Å². The van der Waals surface area contributed by atoms with Gasteiger partial charge in [0.15, 0.2) is 0 Å². The van der Waals surface area contributed by atoms with Gasteiger partial charge in [0.25, 0.3) is 5.91 Å². The number of aromatic nitrogens is 3. The minimum absolute atomic E-state index is 0.0438. The van der Waals surface area contributed by atoms with Crippen LogP contribution in [-0.4, -0.2) is 40.1 Å². The zero-order valence-corrected chi connectivity index (χ0v) is 16.8. The van der Waals surface area contributed by atoms with Gasteiger partial charge in [0.2, 0.25) is 0 Å². The van der Waals surface area contributed by atoms with Crippen LogP contribution in [-0.2, 0) is 24.3 Å². The van der Waals surface area contributed by atoms with E-state index in [0.717, 1.165) is 34.6 Å². The molecule has 0 radical (unpaired) electrons. The molecule has 6 nitrogen and oxygen atoms in total. The number of ether oxygens (including phenoxy) is 1. The number of aryl methyl sites for hydroxylation is 2. The lowest BCUT2D eigenvalue weighted by Crippen LogP contribution is -2.26. The maximum Gasteiger partial charge on any atom is 0.253 e. The maximum atomic E-state index is 12.9. The summed E-state index contributed by atoms with van der Waals surface area (Å²) in [6.07, 6.45) is 2.82. The molecule has 0 aliphatic heterocycles. The number of amides is 1. The highest BCUT2D eigenvalue weighted by atomic mass is 16.5. The first-order valence-electron chi connectivity index (χ1n) is 9.36. The summed E-state index contributed by atoms with van der Waals surface area (Å²) in [6, 6.07) is 11.7. The number of benzene rings is 1. The molecule has 0 saturated carbocycles. The Hall–Kier alpha value is -2.99. The van der Waals surface area contributed by atoms with Gasteiger partial charge in [0, 0.05) is 37.2 Å². The Morgan fingerprint density at radius 2 is 2.07 bits per heavy atom. The van der Waals surface area contributed by atoms with Crippen molar-refractivity contribution in [3.63, 3.8) is 0 Å². The standard InChI is InChI=1S/C22H26N4O2/c1-5-16-9-10-19(23-12-16)13-26(3)22(27)18-8-6-7-17(11-18)21-15(2)24-25-20(21)14-28-4/h6-12H,5,13-14H2,1-4H3,(H,24,25). The number of aromatic amines is 1. The molecule has 0 aliphatic carbocycles. The van der Waals surface area contributed by atoms with E-state index in [0.29, 0.717) is 18.7 Å². The SMILES string of the molecule is CCc1ccc(CN(C)C(=O)c2cccc(-c3c(COC)n[nH]c3C)c2)nc1. The molecule has 0 aliphatic rings. The number of nitrogens with one attached hydrogen (secondary N) is 1. The molecule has 1 N–H and O–H groups in total. The topological polar surface area (TPSA) is 71.1 Å². The zero-order chi connectivity index (χ0) is 20.1. The van der Waals surface area contributed by atoms with Crippen LogP contribution in [0.3, 0.4) is 0 Å². The van der Waals surface area contributed by atoms with Gasteiger partial charge < -0.3 is 9.64 Å². The molecular formula is C22H26N4O2. The van der Waals surface area contributed by atoms with Crippen LogP contribution in [0.1, 0.15) is 39.9 Å². The predicted octanol–water partition coefficient (Wildman–Crippen LogP) is 3.76. The molecule has 2 heterocycles. The Balaban J connectivity index is 1.81. The number of methoxy groups -OCH3 is 1. The van der Waals surface area contributed by atoms with Crippen LogP contribution in [0.15, 0.2) is 42.6 Å². The average molecular weight is 378 g/mol. The summed E-state index contributed by atoms with van der Waals surface area (Å²) in [4.78, 5) is 19.1. The lowest BCUT2D eigenvalue weighted by molar-refractivity contribution is 0.0783. The summed E-state index contributed by atoms with van der Waals surface area (Å²) < 4.78 is 5.24. The number of carbonyl (C=O) groups is 1. The molecule has 2 aromatic heterocycles. The van der Waals surface area contributed by atoms with E-state index >= 15 is 0 Å². The van der Waals surface area contributed by atoms with Crippen molar-refractivity contribution in [1.29, 1.82) is 0 Å². The molecule has 0 unspecified atom stereocenters. The molecule has 0 spiro atoms. The molecule has 6 heteroatoms. The van der Waals surface area contributed by atoms with E-state index in [9.17, 15) is 4.79 Å². The number of rotatable bonds is 7. The van der Waals surface area contributed by atoms with Crippen molar-refractivity contribution in [2.24, 2.45) is 0 Å². The molecule has 0 saturated heterocycles. The van der Waals surface area contributed by atoms with Crippen LogP contribution >= 0.6 is 0 Å². The number of nitrogens with zero attached hydrogens (tertiary/aromatic N) is 3. The molecule has 1 aromatic carbocycles. The third-order valence-corrected chi connectivity index (χ3v) is 4.74. The third-order valence-electron chi connectivity index (χ3n) is 4.74. The highest BCUT2D eigenvalue weighted by Gasteiger charge is 2.17. The van der Waals surface area contributed by atoms with Gasteiger partial charge in [-0.05, 0) is 42.7 Å². The minimum Gasteiger partial charge on any atom is -0.378 e. The van der Waals surface area contributed by atoms with Gasteiger partial charge in [-0.2, -0.15) is 5.10 Å². The fourth-order valence-corrected chi connectivity index (χ4v) is 3.20. The molecule has 28 heavy (non-hydrogen) atoms. The second kappa shape index (κ2) is 8.80. The molecular weight excluding hydrogens is 352 g/mol. The lowest BCUT2D eigenvalue weighted by Gasteiger charge is -2.17. The fraction of sp³-hybridized carbons (Fsp3) is 0.318. The van der Waals surface area contributed by atoms with Gasteiger partial charge in [-0.1, -0.05) is 25.1 Å². The Labute approximate surface area is 165 Å². The van der Waals surface area contributed by atoms with Crippen molar-refractivity contribution in [3.8, 4) is 11.1 Å². The minimum atomic E-state index is -0.0438. The van der Waals surface area contributed by atoms with Crippen molar-refractivity contribution >= 4 is 5.91 Å². The average Bonchev–Trinajstić information content (AvgIpc) is 3.08. The van der Waals surface area contributed by atoms with Gasteiger partial charge >= 0.3 is 0 Å². The first-order chi connectivity index (χ1) is 13.5. The highest BCUT2D eigenvalue weighted by molar-refractivity contribution is 5.95. The van der Waals surface area contributed by atoms with Crippen molar-refractivity contribution in [2.45, 2.75) is 33.4 Å². The molecule has 1 amide bonds. The molecule has 0 atom stereocenters. The Bertz CT molecular complexity index is 947. The van der Waals surface area contributed by atoms with E-state index < -0.39 is 0 Å². The molecule has 3 rings (SSSR count). The summed E-state index contributed by atoms with van der Waals surface area (Å²) >= 11 is 0. The summed E-state index contributed by atoms with van der Waals surface area (Å²) in [5, 5.41) is 7.31. The van der Waals surface area contributed by atoms with Gasteiger partial charge in [-0.3, -0.25) is 14.9 Å². The highest BCUT2D eigenvalue weighted by Crippen LogP contribution is 2.27. The number of hydrogen-bond donors (Lipinski definition) is 1. The first kappa shape index (κ1) is 19.8. The van der Waals surface area contributed by atoms with Crippen LogP contribution in [0.4, 0.5) is 0 Å². The number of hydrogen-bond acceptors (Lipinski definition) is 4. The molecule has 146 valence electrons. The van der Waals surface area contributed by atoms with Crippen molar-refractivity contribution < 1.29 is 9.53 Å². The van der Waals surface area contributed by atoms with E-state index in [1.54, 1.807) is 19.1 Å². The summed E-state index contributed by atoms with van der Waals surface area (Å²) in [5.41, 5.74) is 6.40. The van der Waals surface area contributed by atoms with Crippen molar-refractivity contribution in [3.05, 3.63) is 70.8 Å². The van der Waals surface area contributed by atoms with E-state index in [-0.39, 0.29) is 5.91 Å². The fourth-order valence-electron chi connectivity index (χ4n) is 3.20. The van der Waals surface area contributed by atoms with E-state index in [4.69, 9.17) is 4.74 Å². The van der Waals surface area contributed by atoms with E-state index in [1.807, 2.05) is 43.5 Å². The third kappa shape index (κ3) is 4.28. The Morgan fingerprint density at radius 3 is 2.75 bits per heavy atom. The molecule has 3 aromatic rings. The van der Waals surface area contributed by atoms with Gasteiger partial charge in [0.1, 0.15) is 0 Å². The predicted molar refractivity (Wildman–Crippen MR) is 109 cm³/mol. The number of pyridine rings is 1. The number of carbonyl (C=O) groups excluding carboxylic acids is 1. The van der Waals surface area contributed by atoms with E-state index in [1.165, 1.54) is 5.56 Å². The van der Waals surface area contributed by atoms with Crippen LogP contribution in [0.5, 0.6) is 0 Å². The summed E-state index contributed by atoms with van der Waals surface area (Å²) in [5.74, 6) is -0.0438. The van der Waals surface area contributed by atoms with Gasteiger partial charge in [-0.15, -0.1) is 0 Å². The maximum absolute atomic E-state index is 12.9. The Kier molecular flexibility index (Phi) is 6.21. The van der Waals surface area contributed by atoms with Crippen LogP contribution in [0.2, 0.25) is 0 Å². The normalized spacial score (nSPS) is 10.9. The van der Waals surface area contributed by atoms with Crippen LogP contribution < -0.4 is 0 Å². The lowest BCUT2D eigenvalue weighted by atomic mass is 10.0. The quantitative estimate of drug-likeness (QED) is 0.679. The smallest absolute Gasteiger partial charge is 0.253 e. The second-order valence-electron chi connectivity index (χ2n) is 6.86. The second-order valence-corrected chi connectivity index (χ2v) is 6.86. The first-order valence-corrected chi connectivity index (χ1v) is 9.36. The zero-order valence-electron chi connectivity index (χ0n) is 16.8. The molecule has 0 fully saturated rings. The summed E-state index contributed by atoms with van der Waals surface area (Å²) in [6.45, 7) is 4.94. The van der Waals surface area contributed by atoms with Gasteiger partial charge in [0.05, 0.1) is 24.5 Å². The Morgan fingerprint density at radius 1 is 1.25 bits per heavy atom. The summed E-state index contributed by atoms with van der Waals surface area (Å²) in [7, 11) is 3.44.